The molecule has 0 fully saturated rings. The van der Waals surface area contributed by atoms with Gasteiger partial charge in [-0.2, -0.15) is 0 Å². The van der Waals surface area contributed by atoms with Crippen LogP contribution in [0, 0.1) is 0 Å². The van der Waals surface area contributed by atoms with Crippen LogP contribution in [0.4, 0.5) is 0 Å². The molecule has 0 aliphatic carbocycles. The monoisotopic (exact) mass is 352 g/mol. The van der Waals surface area contributed by atoms with Crippen LogP contribution in [-0.2, 0) is 20.2 Å². The largest absolute Gasteiger partial charge is 2.00 e. The van der Waals surface area contributed by atoms with Crippen LogP contribution in [-0.4, -0.2) is 86.3 Å². The van der Waals surface area contributed by atoms with Gasteiger partial charge in [0.2, 0.25) is 0 Å². The summed E-state index contributed by atoms with van der Waals surface area (Å²) in [5.74, 6) is -2.04. The van der Waals surface area contributed by atoms with Gasteiger partial charge in [0.25, 0.3) is 0 Å². The molecule has 0 aromatic rings. The van der Waals surface area contributed by atoms with Crippen LogP contribution in [0.1, 0.15) is 0 Å². The normalized spacial score (nSPS) is 11.8. The SMILES string of the molecule is C=C(CS(=O)(=O)[O-])CS(=O)(=O)[O-].[Ba+2]. The Bertz CT molecular complexity index is 329. The van der Waals surface area contributed by atoms with Crippen LogP contribution >= 0.6 is 0 Å². The number of hydrogen-bond donors (Lipinski definition) is 0. The van der Waals surface area contributed by atoms with E-state index in [4.69, 9.17) is 0 Å². The standard InChI is InChI=1S/C4H8O6S2.Ba/c1-4(2-11(5,6)7)3-12(8,9)10;/h1-3H2,(H,5,6,7)(H,8,9,10);/q;+2/p-2. The van der Waals surface area contributed by atoms with Crippen LogP contribution in [0.5, 0.6) is 0 Å². The van der Waals surface area contributed by atoms with Crippen molar-refractivity contribution in [2.45, 2.75) is 0 Å². The molecule has 0 aromatic carbocycles. The van der Waals surface area contributed by atoms with Crippen LogP contribution < -0.4 is 0 Å². The molecular weight excluding hydrogens is 346 g/mol. The molecule has 0 spiro atoms. The van der Waals surface area contributed by atoms with Crippen molar-refractivity contribution in [1.29, 1.82) is 0 Å². The van der Waals surface area contributed by atoms with E-state index in [9.17, 15) is 25.9 Å². The van der Waals surface area contributed by atoms with E-state index in [2.05, 4.69) is 6.58 Å². The molecule has 0 N–H and O–H groups in total. The molecule has 72 valence electrons. The van der Waals surface area contributed by atoms with Gasteiger partial charge < -0.3 is 9.11 Å². The minimum absolute atomic E-state index is 0. The zero-order valence-electron chi connectivity index (χ0n) is 6.59. The van der Waals surface area contributed by atoms with Crippen LogP contribution in [0.15, 0.2) is 12.2 Å². The second-order valence-electron chi connectivity index (χ2n) is 2.15. The molecule has 13 heavy (non-hydrogen) atoms. The first kappa shape index (κ1) is 16.6. The second-order valence-corrected chi connectivity index (χ2v) is 4.96. The first-order chi connectivity index (χ1) is 5.10. The van der Waals surface area contributed by atoms with E-state index in [0.29, 0.717) is 0 Å². The Hall–Kier alpha value is 1.13. The molecule has 0 saturated carbocycles. The molecule has 0 aliphatic rings. The van der Waals surface area contributed by atoms with E-state index in [1.54, 1.807) is 0 Å². The van der Waals surface area contributed by atoms with Crippen molar-refractivity contribution < 1.29 is 25.9 Å². The fourth-order valence-electron chi connectivity index (χ4n) is 0.542. The van der Waals surface area contributed by atoms with Crippen LogP contribution in [0.25, 0.3) is 0 Å². The van der Waals surface area contributed by atoms with Crippen molar-refractivity contribution in [3.63, 3.8) is 0 Å². The van der Waals surface area contributed by atoms with Gasteiger partial charge >= 0.3 is 48.9 Å². The summed E-state index contributed by atoms with van der Waals surface area (Å²) in [6, 6.07) is 0. The summed E-state index contributed by atoms with van der Waals surface area (Å²) in [6.45, 7) is 2.97. The van der Waals surface area contributed by atoms with E-state index in [1.807, 2.05) is 0 Å². The van der Waals surface area contributed by atoms with Gasteiger partial charge in [0.1, 0.15) is 0 Å². The Kier molecular flexibility index (Phi) is 7.49. The molecule has 0 radical (unpaired) electrons. The van der Waals surface area contributed by atoms with Gasteiger partial charge in [0, 0.05) is 0 Å². The van der Waals surface area contributed by atoms with E-state index in [-0.39, 0.29) is 48.9 Å². The third kappa shape index (κ3) is 13.1. The Labute approximate surface area is 117 Å². The average Bonchev–Trinajstić information content (AvgIpc) is 1.49. The van der Waals surface area contributed by atoms with Crippen molar-refractivity contribution in [3.8, 4) is 0 Å². The van der Waals surface area contributed by atoms with E-state index in [1.165, 1.54) is 0 Å². The van der Waals surface area contributed by atoms with Gasteiger partial charge in [-0.3, -0.25) is 0 Å². The second kappa shape index (κ2) is 5.88. The maximum Gasteiger partial charge on any atom is 2.00 e. The van der Waals surface area contributed by atoms with Gasteiger partial charge in [0.05, 0.1) is 31.7 Å². The Morgan fingerprint density at radius 1 is 1.00 bits per heavy atom. The van der Waals surface area contributed by atoms with Gasteiger partial charge in [0.15, 0.2) is 0 Å². The molecule has 0 bridgehead atoms. The fourth-order valence-corrected chi connectivity index (χ4v) is 1.87. The molecular formula is C4H6BaO6S2. The summed E-state index contributed by atoms with van der Waals surface area (Å²) < 4.78 is 60.1. The van der Waals surface area contributed by atoms with E-state index >= 15 is 0 Å². The van der Waals surface area contributed by atoms with Gasteiger partial charge in [-0.15, -0.1) is 0 Å². The molecule has 0 unspecified atom stereocenters. The zero-order valence-corrected chi connectivity index (χ0v) is 12.7. The van der Waals surface area contributed by atoms with Crippen molar-refractivity contribution in [2.24, 2.45) is 0 Å². The third-order valence-corrected chi connectivity index (χ3v) is 2.29. The van der Waals surface area contributed by atoms with Crippen LogP contribution in [0.2, 0.25) is 0 Å². The Morgan fingerprint density at radius 3 is 1.38 bits per heavy atom. The Balaban J connectivity index is 0. The van der Waals surface area contributed by atoms with Gasteiger partial charge in [-0.05, 0) is 5.57 Å². The van der Waals surface area contributed by atoms with Crippen molar-refractivity contribution >= 4 is 69.1 Å². The predicted octanol–water partition coefficient (Wildman–Crippen LogP) is -1.75. The first-order valence-corrected chi connectivity index (χ1v) is 5.79. The van der Waals surface area contributed by atoms with Crippen molar-refractivity contribution in [2.75, 3.05) is 11.5 Å². The number of hydrogen-bond acceptors (Lipinski definition) is 6. The minimum atomic E-state index is -4.55. The summed E-state index contributed by atoms with van der Waals surface area (Å²) >= 11 is 0. The van der Waals surface area contributed by atoms with E-state index < -0.39 is 37.3 Å². The molecule has 0 atom stereocenters. The van der Waals surface area contributed by atoms with Crippen molar-refractivity contribution in [1.82, 2.24) is 0 Å². The minimum Gasteiger partial charge on any atom is -0.748 e. The fraction of sp³-hybridized carbons (Fsp3) is 0.500. The predicted molar refractivity (Wildman–Crippen MR) is 44.0 cm³/mol. The molecule has 0 amide bonds. The van der Waals surface area contributed by atoms with Gasteiger partial charge in [-0.25, -0.2) is 16.8 Å². The summed E-state index contributed by atoms with van der Waals surface area (Å²) in [6.07, 6.45) is 0. The summed E-state index contributed by atoms with van der Waals surface area (Å²) in [5, 5.41) is 0. The Morgan fingerprint density at radius 2 is 1.23 bits per heavy atom. The molecule has 6 nitrogen and oxygen atoms in total. The first-order valence-electron chi connectivity index (χ1n) is 2.64. The molecule has 0 heterocycles. The van der Waals surface area contributed by atoms with E-state index in [0.717, 1.165) is 0 Å². The average molecular weight is 352 g/mol. The topological polar surface area (TPSA) is 114 Å². The maximum absolute atomic E-state index is 10.0. The summed E-state index contributed by atoms with van der Waals surface area (Å²) in [5.41, 5.74) is -0.417. The smallest absolute Gasteiger partial charge is 0.748 e. The summed E-state index contributed by atoms with van der Waals surface area (Å²) in [4.78, 5) is 0. The maximum atomic E-state index is 10.0. The third-order valence-electron chi connectivity index (χ3n) is 0.762. The summed E-state index contributed by atoms with van der Waals surface area (Å²) in [7, 11) is -9.10. The molecule has 0 aliphatic heterocycles. The van der Waals surface area contributed by atoms with Crippen molar-refractivity contribution in [3.05, 3.63) is 12.2 Å². The number of rotatable bonds is 4. The molecule has 0 rings (SSSR count). The van der Waals surface area contributed by atoms with Gasteiger partial charge in [-0.1, -0.05) is 6.58 Å². The molecule has 0 aromatic heterocycles. The zero-order chi connectivity index (χ0) is 9.99. The quantitative estimate of drug-likeness (QED) is 0.337. The van der Waals surface area contributed by atoms with Crippen LogP contribution in [0.3, 0.4) is 0 Å². The molecule has 0 saturated heterocycles. The molecule has 9 heteroatoms.